The van der Waals surface area contributed by atoms with Gasteiger partial charge < -0.3 is 33.8 Å². The molecule has 540 valence electrons. The third-order valence-corrected chi connectivity index (χ3v) is 19.6. The van der Waals surface area contributed by atoms with Crippen LogP contribution in [-0.2, 0) is 65.4 Å². The van der Waals surface area contributed by atoms with Gasteiger partial charge in [0.15, 0.2) is 12.2 Å². The lowest BCUT2D eigenvalue weighted by Gasteiger charge is -2.21. The molecule has 0 saturated carbocycles. The molecule has 0 aliphatic rings. The van der Waals surface area contributed by atoms with Crippen LogP contribution in [0.5, 0.6) is 0 Å². The Hall–Kier alpha value is -1.94. The Balaban J connectivity index is 5.26. The highest BCUT2D eigenvalue weighted by Gasteiger charge is 2.30. The maximum Gasteiger partial charge on any atom is 0.472 e. The van der Waals surface area contributed by atoms with E-state index in [-0.39, 0.29) is 25.7 Å². The lowest BCUT2D eigenvalue weighted by Crippen LogP contribution is -2.30. The summed E-state index contributed by atoms with van der Waals surface area (Å²) in [5, 5.41) is 10.6. The number of carbonyl (C=O) groups excluding carboxylic acids is 4. The van der Waals surface area contributed by atoms with Gasteiger partial charge in [0.25, 0.3) is 0 Å². The van der Waals surface area contributed by atoms with Gasteiger partial charge in [0.05, 0.1) is 26.4 Å². The zero-order valence-corrected chi connectivity index (χ0v) is 61.3. The standard InChI is InChI=1S/C72H140O17P2/c1-9-63(6)49-41-33-25-20-22-27-36-44-52-69(74)82-58-67(88-71(76)54-46-38-28-19-17-15-13-12-14-16-18-24-32-40-48-62(4)5)60-86-90(78,79)84-56-66(73)57-85-91(80,81)87-61-68(59-83-70(75)53-45-37-31-30-35-43-51-65(8)11-3)89-72(77)55-47-39-29-23-21-26-34-42-50-64(7)10-2/h62-68,73H,9-61H2,1-8H3,(H,78,79)(H,80,81)/t63?,64?,65?,66-,67-,68-/m1/s1. The molecule has 0 saturated heterocycles. The van der Waals surface area contributed by atoms with Crippen molar-refractivity contribution in [1.82, 2.24) is 0 Å². The molecule has 0 fully saturated rings. The molecule has 0 spiro atoms. The largest absolute Gasteiger partial charge is 0.472 e. The van der Waals surface area contributed by atoms with Crippen LogP contribution in [0.1, 0.15) is 357 Å². The Morgan fingerprint density at radius 3 is 0.780 bits per heavy atom. The van der Waals surface area contributed by atoms with Gasteiger partial charge in [-0.05, 0) is 49.4 Å². The number of unbranched alkanes of at least 4 members (excludes halogenated alkanes) is 32. The van der Waals surface area contributed by atoms with Crippen molar-refractivity contribution in [1.29, 1.82) is 0 Å². The van der Waals surface area contributed by atoms with E-state index in [1.165, 1.54) is 154 Å². The third kappa shape index (κ3) is 62.6. The zero-order chi connectivity index (χ0) is 67.5. The maximum absolute atomic E-state index is 13.0. The molecule has 0 aromatic carbocycles. The van der Waals surface area contributed by atoms with Crippen molar-refractivity contribution in [3.63, 3.8) is 0 Å². The van der Waals surface area contributed by atoms with Crippen LogP contribution in [0.4, 0.5) is 0 Å². The third-order valence-electron chi connectivity index (χ3n) is 17.7. The lowest BCUT2D eigenvalue weighted by atomic mass is 9.99. The number of hydrogen-bond donors (Lipinski definition) is 3. The first kappa shape index (κ1) is 89.1. The topological polar surface area (TPSA) is 237 Å². The summed E-state index contributed by atoms with van der Waals surface area (Å²) in [6.45, 7) is 14.1. The van der Waals surface area contributed by atoms with Gasteiger partial charge in [0.1, 0.15) is 19.3 Å². The van der Waals surface area contributed by atoms with Crippen LogP contribution in [0.15, 0.2) is 0 Å². The molecule has 0 aliphatic carbocycles. The van der Waals surface area contributed by atoms with Crippen LogP contribution in [0.25, 0.3) is 0 Å². The summed E-state index contributed by atoms with van der Waals surface area (Å²) < 4.78 is 68.4. The molecule has 0 radical (unpaired) electrons. The quantitative estimate of drug-likeness (QED) is 0.0222. The second-order valence-electron chi connectivity index (χ2n) is 27.2. The van der Waals surface area contributed by atoms with E-state index in [9.17, 15) is 43.2 Å². The molecule has 0 amide bonds. The van der Waals surface area contributed by atoms with E-state index in [2.05, 4.69) is 55.4 Å². The van der Waals surface area contributed by atoms with Gasteiger partial charge in [-0.2, -0.15) is 0 Å². The Labute approximate surface area is 556 Å². The van der Waals surface area contributed by atoms with Crippen molar-refractivity contribution in [3.05, 3.63) is 0 Å². The van der Waals surface area contributed by atoms with E-state index >= 15 is 0 Å². The van der Waals surface area contributed by atoms with Gasteiger partial charge in [-0.3, -0.25) is 37.3 Å². The number of esters is 4. The van der Waals surface area contributed by atoms with Gasteiger partial charge in [-0.15, -0.1) is 0 Å². The molecule has 0 aromatic rings. The number of hydrogen-bond acceptors (Lipinski definition) is 15. The minimum atomic E-state index is -4.95. The summed E-state index contributed by atoms with van der Waals surface area (Å²) in [6, 6.07) is 0. The van der Waals surface area contributed by atoms with Crippen molar-refractivity contribution in [2.45, 2.75) is 375 Å². The molecule has 8 atom stereocenters. The summed E-state index contributed by atoms with van der Waals surface area (Å²) in [7, 11) is -9.91. The Morgan fingerprint density at radius 1 is 0.308 bits per heavy atom. The SMILES string of the molecule is CCC(C)CCCCCCCCCCC(=O)OC[C@H](COP(=O)(O)OC[C@@H](O)COP(=O)(O)OC[C@@H](COC(=O)CCCCCCCCC(C)CC)OC(=O)CCCCCCCCCCC(C)CC)OC(=O)CCCCCCCCCCCCCCCCC(C)C. The molecule has 0 rings (SSSR count). The maximum atomic E-state index is 13.0. The minimum Gasteiger partial charge on any atom is -0.462 e. The van der Waals surface area contributed by atoms with Crippen molar-refractivity contribution >= 4 is 39.5 Å². The first-order valence-corrected chi connectivity index (χ1v) is 40.3. The molecule has 0 heterocycles. The fourth-order valence-electron chi connectivity index (χ4n) is 10.7. The lowest BCUT2D eigenvalue weighted by molar-refractivity contribution is -0.161. The van der Waals surface area contributed by atoms with Crippen molar-refractivity contribution in [2.75, 3.05) is 39.6 Å². The number of carbonyl (C=O) groups is 4. The van der Waals surface area contributed by atoms with Crippen LogP contribution in [0, 0.1) is 23.7 Å². The van der Waals surface area contributed by atoms with Crippen LogP contribution in [0.3, 0.4) is 0 Å². The van der Waals surface area contributed by atoms with Gasteiger partial charge in [0, 0.05) is 25.7 Å². The average Bonchev–Trinajstić information content (AvgIpc) is 3.26. The molecule has 0 bridgehead atoms. The number of phosphoric acid groups is 2. The summed E-state index contributed by atoms with van der Waals surface area (Å²) in [6.07, 6.45) is 44.3. The highest BCUT2D eigenvalue weighted by Crippen LogP contribution is 2.45. The summed E-state index contributed by atoms with van der Waals surface area (Å²) in [5.41, 5.74) is 0. The van der Waals surface area contributed by atoms with E-state index in [0.29, 0.717) is 25.7 Å². The monoisotopic (exact) mass is 1340 g/mol. The van der Waals surface area contributed by atoms with Gasteiger partial charge in [-0.1, -0.05) is 306 Å². The molecule has 5 unspecified atom stereocenters. The van der Waals surface area contributed by atoms with Crippen molar-refractivity contribution in [2.24, 2.45) is 23.7 Å². The van der Waals surface area contributed by atoms with Crippen LogP contribution < -0.4 is 0 Å². The normalized spacial score (nSPS) is 15.1. The second kappa shape index (κ2) is 61.6. The first-order chi connectivity index (χ1) is 43.7. The van der Waals surface area contributed by atoms with E-state index < -0.39 is 97.5 Å². The highest BCUT2D eigenvalue weighted by molar-refractivity contribution is 7.47. The number of aliphatic hydroxyl groups excluding tert-OH is 1. The average molecular weight is 1340 g/mol. The van der Waals surface area contributed by atoms with Crippen LogP contribution in [-0.4, -0.2) is 96.7 Å². The van der Waals surface area contributed by atoms with E-state index in [0.717, 1.165) is 120 Å². The van der Waals surface area contributed by atoms with E-state index in [1.54, 1.807) is 0 Å². The Kier molecular flexibility index (Phi) is 60.3. The van der Waals surface area contributed by atoms with Crippen LogP contribution in [0.2, 0.25) is 0 Å². The van der Waals surface area contributed by atoms with Gasteiger partial charge in [-0.25, -0.2) is 9.13 Å². The number of phosphoric ester groups is 2. The fourth-order valence-corrected chi connectivity index (χ4v) is 12.3. The van der Waals surface area contributed by atoms with Crippen LogP contribution >= 0.6 is 15.6 Å². The summed E-state index contributed by atoms with van der Waals surface area (Å²) >= 11 is 0. The van der Waals surface area contributed by atoms with E-state index in [1.807, 2.05) is 0 Å². The van der Waals surface area contributed by atoms with Gasteiger partial charge in [0.2, 0.25) is 0 Å². The molecular formula is C72H140O17P2. The molecule has 0 aromatic heterocycles. The molecule has 19 heteroatoms. The minimum absolute atomic E-state index is 0.104. The predicted molar refractivity (Wildman–Crippen MR) is 367 cm³/mol. The number of ether oxygens (including phenoxy) is 4. The smallest absolute Gasteiger partial charge is 0.462 e. The van der Waals surface area contributed by atoms with Crippen molar-refractivity contribution in [3.8, 4) is 0 Å². The predicted octanol–water partition coefficient (Wildman–Crippen LogP) is 20.5. The Morgan fingerprint density at radius 2 is 0.527 bits per heavy atom. The molecule has 91 heavy (non-hydrogen) atoms. The fraction of sp³-hybridized carbons (Fsp3) is 0.944. The second-order valence-corrected chi connectivity index (χ2v) is 30.1. The van der Waals surface area contributed by atoms with Crippen molar-refractivity contribution < 1.29 is 80.2 Å². The van der Waals surface area contributed by atoms with Gasteiger partial charge >= 0.3 is 39.5 Å². The molecular weight excluding hydrogens is 1200 g/mol. The zero-order valence-electron chi connectivity index (χ0n) is 59.5. The number of rotatable bonds is 69. The molecule has 17 nitrogen and oxygen atoms in total. The molecule has 0 aliphatic heterocycles. The number of aliphatic hydroxyl groups is 1. The van der Waals surface area contributed by atoms with E-state index in [4.69, 9.17) is 37.0 Å². The molecule has 3 N–H and O–H groups in total. The first-order valence-electron chi connectivity index (χ1n) is 37.3. The summed E-state index contributed by atoms with van der Waals surface area (Å²) in [4.78, 5) is 72.6. The summed E-state index contributed by atoms with van der Waals surface area (Å²) in [5.74, 6) is 0.944. The highest BCUT2D eigenvalue weighted by atomic mass is 31.2. The Bertz CT molecular complexity index is 1800.